The fourth-order valence-corrected chi connectivity index (χ4v) is 2.53. The van der Waals surface area contributed by atoms with Crippen LogP contribution in [0.3, 0.4) is 0 Å². The molecule has 0 aromatic heterocycles. The van der Waals surface area contributed by atoms with E-state index in [1.54, 1.807) is 0 Å². The van der Waals surface area contributed by atoms with E-state index < -0.39 is 5.54 Å². The summed E-state index contributed by atoms with van der Waals surface area (Å²) in [5.74, 6) is 0.675. The Morgan fingerprint density at radius 1 is 1.14 bits per heavy atom. The molecule has 0 radical (unpaired) electrons. The van der Waals surface area contributed by atoms with Crippen LogP contribution >= 0.6 is 0 Å². The molecule has 3 heteroatoms. The monoisotopic (exact) mass is 291 g/mol. The average Bonchev–Trinajstić information content (AvgIpc) is 2.44. The molecule has 0 heterocycles. The van der Waals surface area contributed by atoms with Crippen molar-refractivity contribution in [2.24, 2.45) is 11.8 Å². The highest BCUT2D eigenvalue weighted by Gasteiger charge is 2.41. The van der Waals surface area contributed by atoms with E-state index in [4.69, 9.17) is 4.74 Å². The van der Waals surface area contributed by atoms with E-state index in [1.165, 1.54) is 0 Å². The van der Waals surface area contributed by atoms with Crippen LogP contribution < -0.4 is 5.32 Å². The van der Waals surface area contributed by atoms with E-state index in [9.17, 15) is 4.79 Å². The van der Waals surface area contributed by atoms with Crippen molar-refractivity contribution in [3.63, 3.8) is 0 Å². The highest BCUT2D eigenvalue weighted by molar-refractivity contribution is 5.82. The van der Waals surface area contributed by atoms with Crippen molar-refractivity contribution in [1.82, 2.24) is 5.32 Å². The Morgan fingerprint density at radius 3 is 2.24 bits per heavy atom. The number of ether oxygens (including phenoxy) is 1. The number of carbonyl (C=O) groups is 1. The Morgan fingerprint density at radius 2 is 1.76 bits per heavy atom. The van der Waals surface area contributed by atoms with Crippen molar-refractivity contribution < 1.29 is 9.53 Å². The van der Waals surface area contributed by atoms with Gasteiger partial charge in [-0.1, -0.05) is 58.0 Å². The third kappa shape index (κ3) is 4.85. The SMILES string of the molecule is CCOC(=O)C(CC(C)C)(NCC(C)C)c1ccccc1. The van der Waals surface area contributed by atoms with Crippen molar-refractivity contribution in [2.45, 2.75) is 46.6 Å². The zero-order chi connectivity index (χ0) is 15.9. The first kappa shape index (κ1) is 17.7. The van der Waals surface area contributed by atoms with Gasteiger partial charge in [-0.05, 0) is 37.3 Å². The van der Waals surface area contributed by atoms with Gasteiger partial charge in [0.05, 0.1) is 6.61 Å². The van der Waals surface area contributed by atoms with Crippen LogP contribution in [0, 0.1) is 11.8 Å². The lowest BCUT2D eigenvalue weighted by Crippen LogP contribution is -2.52. The number of esters is 1. The summed E-state index contributed by atoms with van der Waals surface area (Å²) in [5, 5.41) is 3.49. The van der Waals surface area contributed by atoms with Gasteiger partial charge in [0.15, 0.2) is 0 Å². The maximum Gasteiger partial charge on any atom is 0.330 e. The third-order valence-corrected chi connectivity index (χ3v) is 3.42. The molecule has 3 nitrogen and oxygen atoms in total. The molecule has 0 amide bonds. The molecule has 1 N–H and O–H groups in total. The summed E-state index contributed by atoms with van der Waals surface area (Å²) in [7, 11) is 0. The number of rotatable bonds is 8. The maximum atomic E-state index is 12.7. The molecule has 0 saturated heterocycles. The molecule has 21 heavy (non-hydrogen) atoms. The molecule has 0 spiro atoms. The zero-order valence-electron chi connectivity index (χ0n) is 14.0. The summed E-state index contributed by atoms with van der Waals surface area (Å²) < 4.78 is 5.39. The molecule has 1 unspecified atom stereocenters. The second kappa shape index (κ2) is 8.18. The van der Waals surface area contributed by atoms with Gasteiger partial charge in [-0.2, -0.15) is 0 Å². The Labute approximate surface area is 129 Å². The van der Waals surface area contributed by atoms with Crippen LogP contribution in [0.2, 0.25) is 0 Å². The minimum atomic E-state index is -0.754. The van der Waals surface area contributed by atoms with Gasteiger partial charge in [-0.25, -0.2) is 4.79 Å². The number of hydrogen-bond acceptors (Lipinski definition) is 3. The van der Waals surface area contributed by atoms with Crippen molar-refractivity contribution in [2.75, 3.05) is 13.2 Å². The van der Waals surface area contributed by atoms with Gasteiger partial charge in [-0.3, -0.25) is 5.32 Å². The van der Waals surface area contributed by atoms with Crippen molar-refractivity contribution in [3.8, 4) is 0 Å². The van der Waals surface area contributed by atoms with Crippen LogP contribution in [0.15, 0.2) is 30.3 Å². The van der Waals surface area contributed by atoms with E-state index in [0.29, 0.717) is 18.4 Å². The van der Waals surface area contributed by atoms with Gasteiger partial charge < -0.3 is 4.74 Å². The first-order chi connectivity index (χ1) is 9.92. The average molecular weight is 291 g/mol. The standard InChI is InChI=1S/C18H29NO2/c1-6-21-17(20)18(12-14(2)3,19-13-15(4)5)16-10-8-7-9-11-16/h7-11,14-15,19H,6,12-13H2,1-5H3. The van der Waals surface area contributed by atoms with Gasteiger partial charge in [-0.15, -0.1) is 0 Å². The predicted octanol–water partition coefficient (Wildman–Crippen LogP) is 3.74. The highest BCUT2D eigenvalue weighted by atomic mass is 16.5. The largest absolute Gasteiger partial charge is 0.464 e. The molecule has 0 aliphatic heterocycles. The number of carbonyl (C=O) groups excluding carboxylic acids is 1. The topological polar surface area (TPSA) is 38.3 Å². The summed E-state index contributed by atoms with van der Waals surface area (Å²) in [6.45, 7) is 11.6. The van der Waals surface area contributed by atoms with Gasteiger partial charge in [0, 0.05) is 0 Å². The summed E-state index contributed by atoms with van der Waals surface area (Å²) in [6, 6.07) is 9.93. The van der Waals surface area contributed by atoms with Gasteiger partial charge in [0.25, 0.3) is 0 Å². The molecule has 118 valence electrons. The maximum absolute atomic E-state index is 12.7. The lowest BCUT2D eigenvalue weighted by atomic mass is 9.82. The molecule has 0 bridgehead atoms. The summed E-state index contributed by atoms with van der Waals surface area (Å²) in [4.78, 5) is 12.7. The molecular formula is C18H29NO2. The lowest BCUT2D eigenvalue weighted by molar-refractivity contribution is -0.152. The first-order valence-electron chi connectivity index (χ1n) is 7.90. The molecule has 0 aliphatic rings. The highest BCUT2D eigenvalue weighted by Crippen LogP contribution is 2.30. The molecule has 1 aromatic carbocycles. The number of nitrogens with one attached hydrogen (secondary N) is 1. The predicted molar refractivity (Wildman–Crippen MR) is 87.0 cm³/mol. The summed E-state index contributed by atoms with van der Waals surface area (Å²) in [5.41, 5.74) is 0.230. The first-order valence-corrected chi connectivity index (χ1v) is 7.90. The van der Waals surface area contributed by atoms with Gasteiger partial charge >= 0.3 is 5.97 Å². The third-order valence-electron chi connectivity index (χ3n) is 3.42. The Balaban J connectivity index is 3.22. The van der Waals surface area contributed by atoms with E-state index in [2.05, 4.69) is 33.0 Å². The van der Waals surface area contributed by atoms with E-state index >= 15 is 0 Å². The summed E-state index contributed by atoms with van der Waals surface area (Å²) in [6.07, 6.45) is 0.725. The molecule has 1 atom stereocenters. The van der Waals surface area contributed by atoms with Crippen molar-refractivity contribution in [3.05, 3.63) is 35.9 Å². The van der Waals surface area contributed by atoms with Crippen LogP contribution in [-0.4, -0.2) is 19.1 Å². The van der Waals surface area contributed by atoms with E-state index in [1.807, 2.05) is 37.3 Å². The second-order valence-electron chi connectivity index (χ2n) is 6.36. The van der Waals surface area contributed by atoms with Crippen LogP contribution in [0.25, 0.3) is 0 Å². The van der Waals surface area contributed by atoms with Crippen LogP contribution in [-0.2, 0) is 15.1 Å². The summed E-state index contributed by atoms with van der Waals surface area (Å²) >= 11 is 0. The fraction of sp³-hybridized carbons (Fsp3) is 0.611. The van der Waals surface area contributed by atoms with Crippen molar-refractivity contribution >= 4 is 5.97 Å². The van der Waals surface area contributed by atoms with Gasteiger partial charge in [0.2, 0.25) is 0 Å². The molecular weight excluding hydrogens is 262 g/mol. The van der Waals surface area contributed by atoms with E-state index in [-0.39, 0.29) is 5.97 Å². The van der Waals surface area contributed by atoms with Gasteiger partial charge in [0.1, 0.15) is 5.54 Å². The smallest absolute Gasteiger partial charge is 0.330 e. The zero-order valence-corrected chi connectivity index (χ0v) is 14.0. The Bertz CT molecular complexity index is 428. The minimum Gasteiger partial charge on any atom is -0.464 e. The number of benzene rings is 1. The number of hydrogen-bond donors (Lipinski definition) is 1. The van der Waals surface area contributed by atoms with Crippen molar-refractivity contribution in [1.29, 1.82) is 0 Å². The van der Waals surface area contributed by atoms with E-state index in [0.717, 1.165) is 18.5 Å². The quantitative estimate of drug-likeness (QED) is 0.742. The van der Waals surface area contributed by atoms with Crippen LogP contribution in [0.4, 0.5) is 0 Å². The molecule has 0 fully saturated rings. The molecule has 0 saturated carbocycles. The molecule has 1 aromatic rings. The molecule has 1 rings (SSSR count). The van der Waals surface area contributed by atoms with Crippen LogP contribution in [0.1, 0.15) is 46.6 Å². The minimum absolute atomic E-state index is 0.175. The lowest BCUT2D eigenvalue weighted by Gasteiger charge is -2.35. The Hall–Kier alpha value is -1.35. The normalized spacial score (nSPS) is 14.2. The fourth-order valence-electron chi connectivity index (χ4n) is 2.53. The Kier molecular flexibility index (Phi) is 6.90. The molecule has 0 aliphatic carbocycles. The van der Waals surface area contributed by atoms with Crippen LogP contribution in [0.5, 0.6) is 0 Å². The second-order valence-corrected chi connectivity index (χ2v) is 6.36.